The summed E-state index contributed by atoms with van der Waals surface area (Å²) in [5.41, 5.74) is 6.15. The summed E-state index contributed by atoms with van der Waals surface area (Å²) in [5, 5.41) is 4.94. The molecule has 3 rings (SSSR count). The molecule has 0 saturated carbocycles. The molecule has 2 heteroatoms. The molecule has 3 aromatic rings. The minimum atomic E-state index is 0.155. The zero-order chi connectivity index (χ0) is 18.0. The van der Waals surface area contributed by atoms with Crippen molar-refractivity contribution in [3.05, 3.63) is 71.4 Å². The maximum absolute atomic E-state index is 4.86. The number of hydrogen-bond donors (Lipinski definition) is 1. The number of aromatic nitrogens is 1. The Labute approximate surface area is 151 Å². The Morgan fingerprint density at radius 3 is 2.00 bits per heavy atom. The molecule has 0 spiro atoms. The highest BCUT2D eigenvalue weighted by molar-refractivity contribution is 5.78. The van der Waals surface area contributed by atoms with Crippen LogP contribution < -0.4 is 5.32 Å². The van der Waals surface area contributed by atoms with Crippen molar-refractivity contribution in [2.24, 2.45) is 0 Å². The molecule has 1 N–H and O–H groups in total. The van der Waals surface area contributed by atoms with Gasteiger partial charge in [-0.3, -0.25) is 4.98 Å². The predicted octanol–water partition coefficient (Wildman–Crippen LogP) is 6.65. The van der Waals surface area contributed by atoms with Crippen LogP contribution in [0, 0.1) is 0 Å². The topological polar surface area (TPSA) is 24.9 Å². The van der Waals surface area contributed by atoms with Gasteiger partial charge in [-0.1, -0.05) is 70.2 Å². The Hall–Kier alpha value is -2.35. The van der Waals surface area contributed by atoms with Gasteiger partial charge in [0.05, 0.1) is 17.3 Å². The molecule has 1 heterocycles. The van der Waals surface area contributed by atoms with E-state index in [-0.39, 0.29) is 6.04 Å². The number of benzene rings is 2. The van der Waals surface area contributed by atoms with E-state index in [1.54, 1.807) is 0 Å². The maximum atomic E-state index is 4.86. The standard InChI is InChI=1S/C23H28N2/c1-15(2)19-10-8-11-20(16(3)4)23(19)24-17(5)21-14-13-18-9-6-7-12-22(18)25-21/h6-17,24H,1-5H3. The van der Waals surface area contributed by atoms with Gasteiger partial charge in [-0.15, -0.1) is 0 Å². The largest absolute Gasteiger partial charge is 0.376 e. The number of hydrogen-bond acceptors (Lipinski definition) is 2. The summed E-state index contributed by atoms with van der Waals surface area (Å²) in [7, 11) is 0. The fraction of sp³-hybridized carbons (Fsp3) is 0.348. The van der Waals surface area contributed by atoms with E-state index in [2.05, 4.69) is 88.5 Å². The van der Waals surface area contributed by atoms with Crippen molar-refractivity contribution < 1.29 is 0 Å². The summed E-state index contributed by atoms with van der Waals surface area (Å²) >= 11 is 0. The monoisotopic (exact) mass is 332 g/mol. The number of anilines is 1. The first-order chi connectivity index (χ1) is 12.0. The molecule has 25 heavy (non-hydrogen) atoms. The van der Waals surface area contributed by atoms with Crippen LogP contribution in [0.5, 0.6) is 0 Å². The van der Waals surface area contributed by atoms with Gasteiger partial charge < -0.3 is 5.32 Å². The first kappa shape index (κ1) is 17.5. The molecule has 0 radical (unpaired) electrons. The number of nitrogens with one attached hydrogen (secondary N) is 1. The zero-order valence-corrected chi connectivity index (χ0v) is 15.9. The molecule has 2 aromatic carbocycles. The van der Waals surface area contributed by atoms with Crippen molar-refractivity contribution in [2.75, 3.05) is 5.32 Å². The first-order valence-corrected chi connectivity index (χ1v) is 9.22. The minimum Gasteiger partial charge on any atom is -0.376 e. The zero-order valence-electron chi connectivity index (χ0n) is 15.9. The molecule has 1 aromatic heterocycles. The summed E-state index contributed by atoms with van der Waals surface area (Å²) in [6, 6.07) is 19.4. The van der Waals surface area contributed by atoms with Gasteiger partial charge in [0.25, 0.3) is 0 Å². The molecule has 0 aliphatic heterocycles. The van der Waals surface area contributed by atoms with Crippen molar-refractivity contribution in [3.63, 3.8) is 0 Å². The first-order valence-electron chi connectivity index (χ1n) is 9.22. The number of para-hydroxylation sites is 2. The van der Waals surface area contributed by atoms with Crippen molar-refractivity contribution in [1.29, 1.82) is 0 Å². The lowest BCUT2D eigenvalue weighted by Crippen LogP contribution is -2.13. The molecular formula is C23H28N2. The van der Waals surface area contributed by atoms with Crippen LogP contribution >= 0.6 is 0 Å². The molecule has 2 nitrogen and oxygen atoms in total. The van der Waals surface area contributed by atoms with Crippen LogP contribution in [0.15, 0.2) is 54.6 Å². The Kier molecular flexibility index (Phi) is 5.08. The van der Waals surface area contributed by atoms with Gasteiger partial charge in [0.1, 0.15) is 0 Å². The smallest absolute Gasteiger partial charge is 0.0706 e. The number of pyridine rings is 1. The Balaban J connectivity index is 1.97. The van der Waals surface area contributed by atoms with Crippen LogP contribution in [0.3, 0.4) is 0 Å². The van der Waals surface area contributed by atoms with E-state index in [0.29, 0.717) is 11.8 Å². The van der Waals surface area contributed by atoms with Crippen LogP contribution in [0.2, 0.25) is 0 Å². The highest BCUT2D eigenvalue weighted by Crippen LogP contribution is 2.34. The second-order valence-electron chi connectivity index (χ2n) is 7.42. The normalized spacial score (nSPS) is 12.8. The second kappa shape index (κ2) is 7.26. The summed E-state index contributed by atoms with van der Waals surface area (Å²) < 4.78 is 0. The third-order valence-corrected chi connectivity index (χ3v) is 4.80. The van der Waals surface area contributed by atoms with E-state index in [1.165, 1.54) is 22.2 Å². The Bertz CT molecular complexity index is 839. The fourth-order valence-corrected chi connectivity index (χ4v) is 3.33. The van der Waals surface area contributed by atoms with Crippen LogP contribution in [-0.2, 0) is 0 Å². The third kappa shape index (κ3) is 3.68. The summed E-state index contributed by atoms with van der Waals surface area (Å²) in [4.78, 5) is 4.86. The van der Waals surface area contributed by atoms with Crippen molar-refractivity contribution in [1.82, 2.24) is 4.98 Å². The lowest BCUT2D eigenvalue weighted by atomic mass is 9.92. The Morgan fingerprint density at radius 1 is 0.720 bits per heavy atom. The lowest BCUT2D eigenvalue weighted by molar-refractivity contribution is 0.799. The van der Waals surface area contributed by atoms with E-state index in [9.17, 15) is 0 Å². The molecule has 0 amide bonds. The van der Waals surface area contributed by atoms with E-state index in [0.717, 1.165) is 11.2 Å². The molecule has 0 aliphatic carbocycles. The molecule has 0 saturated heterocycles. The molecule has 1 atom stereocenters. The van der Waals surface area contributed by atoms with Crippen LogP contribution in [-0.4, -0.2) is 4.98 Å². The highest BCUT2D eigenvalue weighted by atomic mass is 14.9. The number of nitrogens with zero attached hydrogens (tertiary/aromatic N) is 1. The Morgan fingerprint density at radius 2 is 1.36 bits per heavy atom. The molecule has 0 aliphatic rings. The summed E-state index contributed by atoms with van der Waals surface area (Å²) in [5.74, 6) is 0.968. The van der Waals surface area contributed by atoms with Gasteiger partial charge in [0.2, 0.25) is 0 Å². The SMILES string of the molecule is CC(C)c1cccc(C(C)C)c1NC(C)c1ccc2ccccc2n1. The highest BCUT2D eigenvalue weighted by Gasteiger charge is 2.17. The second-order valence-corrected chi connectivity index (χ2v) is 7.42. The van der Waals surface area contributed by atoms with E-state index >= 15 is 0 Å². The van der Waals surface area contributed by atoms with Gasteiger partial charge in [0, 0.05) is 11.1 Å². The molecule has 1 unspecified atom stereocenters. The van der Waals surface area contributed by atoms with E-state index in [4.69, 9.17) is 4.98 Å². The fourth-order valence-electron chi connectivity index (χ4n) is 3.33. The van der Waals surface area contributed by atoms with Crippen molar-refractivity contribution in [3.8, 4) is 0 Å². The molecular weight excluding hydrogens is 304 g/mol. The van der Waals surface area contributed by atoms with Gasteiger partial charge in [-0.05, 0) is 42.0 Å². The van der Waals surface area contributed by atoms with Crippen molar-refractivity contribution >= 4 is 16.6 Å². The van der Waals surface area contributed by atoms with E-state index < -0.39 is 0 Å². The van der Waals surface area contributed by atoms with Gasteiger partial charge >= 0.3 is 0 Å². The third-order valence-electron chi connectivity index (χ3n) is 4.80. The van der Waals surface area contributed by atoms with E-state index in [1.807, 2.05) is 6.07 Å². The molecule has 0 fully saturated rings. The lowest BCUT2D eigenvalue weighted by Gasteiger charge is -2.24. The van der Waals surface area contributed by atoms with Gasteiger partial charge in [0.15, 0.2) is 0 Å². The number of rotatable bonds is 5. The predicted molar refractivity (Wildman–Crippen MR) is 108 cm³/mol. The average Bonchev–Trinajstić information content (AvgIpc) is 2.61. The minimum absolute atomic E-state index is 0.155. The summed E-state index contributed by atoms with van der Waals surface area (Å²) in [6.45, 7) is 11.2. The van der Waals surface area contributed by atoms with Crippen LogP contribution in [0.4, 0.5) is 5.69 Å². The molecule has 130 valence electrons. The molecule has 0 bridgehead atoms. The van der Waals surface area contributed by atoms with Crippen LogP contribution in [0.1, 0.15) is 69.3 Å². The van der Waals surface area contributed by atoms with Gasteiger partial charge in [-0.25, -0.2) is 0 Å². The average molecular weight is 332 g/mol. The summed E-state index contributed by atoms with van der Waals surface area (Å²) in [6.07, 6.45) is 0. The quantitative estimate of drug-likeness (QED) is 0.565. The number of fused-ring (bicyclic) bond motifs is 1. The van der Waals surface area contributed by atoms with Gasteiger partial charge in [-0.2, -0.15) is 0 Å². The maximum Gasteiger partial charge on any atom is 0.0706 e. The van der Waals surface area contributed by atoms with Crippen molar-refractivity contribution in [2.45, 2.75) is 52.5 Å². The van der Waals surface area contributed by atoms with Crippen LogP contribution in [0.25, 0.3) is 10.9 Å².